The minimum absolute atomic E-state index is 0.177. The van der Waals surface area contributed by atoms with Gasteiger partial charge in [-0.1, -0.05) is 164 Å². The van der Waals surface area contributed by atoms with Gasteiger partial charge in [-0.15, -0.1) is 0 Å². The average molecular weight is 852 g/mol. The van der Waals surface area contributed by atoms with Gasteiger partial charge in [0.2, 0.25) is 0 Å². The van der Waals surface area contributed by atoms with Gasteiger partial charge in [-0.3, -0.25) is 19.2 Å². The smallest absolute Gasteiger partial charge is 0.306 e. The molecule has 0 spiro atoms. The van der Waals surface area contributed by atoms with E-state index in [4.69, 9.17) is 18.9 Å². The molecule has 9 nitrogen and oxygen atoms in total. The summed E-state index contributed by atoms with van der Waals surface area (Å²) in [5.41, 5.74) is -1.23. The normalized spacial score (nSPS) is 12.3. The Morgan fingerprint density at radius 1 is 0.383 bits per heavy atom. The molecule has 0 saturated heterocycles. The summed E-state index contributed by atoms with van der Waals surface area (Å²) < 4.78 is 24.0. The largest absolute Gasteiger partial charge is 0.465 e. The highest BCUT2D eigenvalue weighted by Crippen LogP contribution is 2.28. The number of unbranched alkanes of at least 4 members (excludes halogenated alkanes) is 12. The van der Waals surface area contributed by atoms with Crippen molar-refractivity contribution in [2.24, 2.45) is 23.2 Å². The Hall–Kier alpha value is -2.16. The van der Waals surface area contributed by atoms with Crippen molar-refractivity contribution in [1.29, 1.82) is 0 Å². The number of carbonyl (C=O) groups is 4. The van der Waals surface area contributed by atoms with E-state index in [1.54, 1.807) is 0 Å². The van der Waals surface area contributed by atoms with Crippen LogP contribution in [0.2, 0.25) is 0 Å². The van der Waals surface area contributed by atoms with Crippen LogP contribution in [0.15, 0.2) is 0 Å². The van der Waals surface area contributed by atoms with Crippen LogP contribution >= 0.6 is 0 Å². The molecule has 354 valence electrons. The summed E-state index contributed by atoms with van der Waals surface area (Å²) in [6, 6.07) is 0. The van der Waals surface area contributed by atoms with Crippen molar-refractivity contribution >= 4 is 23.9 Å². The first-order chi connectivity index (χ1) is 29.0. The molecular weight excluding hydrogens is 755 g/mol. The van der Waals surface area contributed by atoms with Crippen molar-refractivity contribution in [3.05, 3.63) is 0 Å². The quantitative estimate of drug-likeness (QED) is 0.0336. The predicted octanol–water partition coefficient (Wildman–Crippen LogP) is 13.4. The summed E-state index contributed by atoms with van der Waals surface area (Å²) in [5, 5.41) is 0. The molecule has 0 aromatic heterocycles. The standard InChI is InChI=1S/C51H97NO8/c1-9-15-21-29-44(28-20-14-6)35-36-48(54)58-41-51(40-57-47(53)34-26-27-37-52(7)8,42-59-49(55)38-45(30-22-16-10-2)31-23-17-11-3)43-60-50(56)39-46(32-24-18-12-4)33-25-19-13-5/h44-46H,9-43H2,1-8H3. The van der Waals surface area contributed by atoms with Crippen LogP contribution in [-0.4, -0.2) is 75.8 Å². The molecule has 0 N–H and O–H groups in total. The van der Waals surface area contributed by atoms with E-state index in [9.17, 15) is 19.2 Å². The molecule has 0 saturated carbocycles. The maximum Gasteiger partial charge on any atom is 0.306 e. The Kier molecular flexibility index (Phi) is 38.2. The van der Waals surface area contributed by atoms with Gasteiger partial charge in [0.05, 0.1) is 0 Å². The first-order valence-electron chi connectivity index (χ1n) is 25.2. The Bertz CT molecular complexity index is 986. The monoisotopic (exact) mass is 852 g/mol. The molecule has 0 aromatic rings. The fourth-order valence-corrected chi connectivity index (χ4v) is 7.98. The van der Waals surface area contributed by atoms with Crippen molar-refractivity contribution in [3.63, 3.8) is 0 Å². The highest BCUT2D eigenvalue weighted by Gasteiger charge is 2.38. The summed E-state index contributed by atoms with van der Waals surface area (Å²) in [5.74, 6) is -0.401. The van der Waals surface area contributed by atoms with Crippen LogP contribution < -0.4 is 0 Å². The van der Waals surface area contributed by atoms with Gasteiger partial charge in [0.25, 0.3) is 0 Å². The molecule has 0 aliphatic heterocycles. The number of esters is 4. The van der Waals surface area contributed by atoms with Crippen LogP contribution in [0.5, 0.6) is 0 Å². The Morgan fingerprint density at radius 3 is 1.08 bits per heavy atom. The maximum atomic E-state index is 13.6. The lowest BCUT2D eigenvalue weighted by molar-refractivity contribution is -0.171. The van der Waals surface area contributed by atoms with Crippen molar-refractivity contribution in [2.45, 2.75) is 234 Å². The molecule has 0 rings (SSSR count). The molecule has 1 unspecified atom stereocenters. The van der Waals surface area contributed by atoms with Gasteiger partial charge in [0.15, 0.2) is 0 Å². The van der Waals surface area contributed by atoms with Gasteiger partial charge in [0, 0.05) is 25.7 Å². The molecule has 60 heavy (non-hydrogen) atoms. The number of carbonyl (C=O) groups excluding carboxylic acids is 4. The third-order valence-electron chi connectivity index (χ3n) is 12.1. The maximum absolute atomic E-state index is 13.6. The summed E-state index contributed by atoms with van der Waals surface area (Å²) in [6.45, 7) is 13.3. The molecule has 0 radical (unpaired) electrons. The molecule has 0 heterocycles. The van der Waals surface area contributed by atoms with Gasteiger partial charge in [-0.25, -0.2) is 0 Å². The molecule has 0 bridgehead atoms. The topological polar surface area (TPSA) is 108 Å². The zero-order chi connectivity index (χ0) is 44.7. The average Bonchev–Trinajstić information content (AvgIpc) is 3.22. The zero-order valence-corrected chi connectivity index (χ0v) is 40.7. The van der Waals surface area contributed by atoms with Crippen LogP contribution in [0.4, 0.5) is 0 Å². The Labute approximate surface area is 370 Å². The van der Waals surface area contributed by atoms with Crippen molar-refractivity contribution in [2.75, 3.05) is 47.1 Å². The Morgan fingerprint density at radius 2 is 0.717 bits per heavy atom. The van der Waals surface area contributed by atoms with E-state index >= 15 is 0 Å². The molecule has 0 aliphatic rings. The van der Waals surface area contributed by atoms with E-state index in [2.05, 4.69) is 46.4 Å². The fraction of sp³-hybridized carbons (Fsp3) is 0.922. The lowest BCUT2D eigenvalue weighted by Gasteiger charge is -2.32. The number of hydrogen-bond donors (Lipinski definition) is 0. The third-order valence-corrected chi connectivity index (χ3v) is 12.1. The summed E-state index contributed by atoms with van der Waals surface area (Å²) in [6.07, 6.45) is 28.7. The summed E-state index contributed by atoms with van der Waals surface area (Å²) in [7, 11) is 4.01. The lowest BCUT2D eigenvalue weighted by Crippen LogP contribution is -2.44. The molecule has 0 amide bonds. The second-order valence-electron chi connectivity index (χ2n) is 18.6. The predicted molar refractivity (Wildman–Crippen MR) is 248 cm³/mol. The molecule has 0 aromatic carbocycles. The van der Waals surface area contributed by atoms with Gasteiger partial charge in [-0.05, 0) is 83.3 Å². The zero-order valence-electron chi connectivity index (χ0n) is 40.7. The summed E-state index contributed by atoms with van der Waals surface area (Å²) in [4.78, 5) is 56.0. The van der Waals surface area contributed by atoms with Crippen LogP contribution in [-0.2, 0) is 38.1 Å². The number of rotatable bonds is 43. The second kappa shape index (κ2) is 39.7. The first-order valence-corrected chi connectivity index (χ1v) is 25.2. The van der Waals surface area contributed by atoms with Crippen molar-refractivity contribution in [1.82, 2.24) is 4.90 Å². The first kappa shape index (κ1) is 57.8. The van der Waals surface area contributed by atoms with E-state index in [1.807, 2.05) is 14.1 Å². The minimum Gasteiger partial charge on any atom is -0.465 e. The van der Waals surface area contributed by atoms with Crippen molar-refractivity contribution in [3.8, 4) is 0 Å². The number of hydrogen-bond acceptors (Lipinski definition) is 9. The van der Waals surface area contributed by atoms with E-state index in [0.717, 1.165) is 161 Å². The highest BCUT2D eigenvalue weighted by atomic mass is 16.6. The van der Waals surface area contributed by atoms with Crippen LogP contribution in [0.25, 0.3) is 0 Å². The fourth-order valence-electron chi connectivity index (χ4n) is 7.98. The second-order valence-corrected chi connectivity index (χ2v) is 18.6. The van der Waals surface area contributed by atoms with Gasteiger partial charge in [0.1, 0.15) is 31.8 Å². The van der Waals surface area contributed by atoms with Crippen molar-refractivity contribution < 1.29 is 38.1 Å². The van der Waals surface area contributed by atoms with Gasteiger partial charge >= 0.3 is 23.9 Å². The highest BCUT2D eigenvalue weighted by molar-refractivity contribution is 5.71. The molecular formula is C51H97NO8. The molecule has 9 heteroatoms. The number of ether oxygens (including phenoxy) is 4. The van der Waals surface area contributed by atoms with Gasteiger partial charge < -0.3 is 23.8 Å². The van der Waals surface area contributed by atoms with Crippen LogP contribution in [0.1, 0.15) is 234 Å². The van der Waals surface area contributed by atoms with Gasteiger partial charge in [-0.2, -0.15) is 0 Å². The third kappa shape index (κ3) is 33.5. The van der Waals surface area contributed by atoms with E-state index in [-0.39, 0.29) is 75.0 Å². The molecule has 0 aliphatic carbocycles. The minimum atomic E-state index is -1.23. The molecule has 1 atom stereocenters. The Balaban J connectivity index is 6.38. The SMILES string of the molecule is CCCCCC(CCCC)CCC(=O)OCC(COC(=O)CCCCN(C)C)(COC(=O)CC(CCCCC)CCCCC)COC(=O)CC(CCCCC)CCCCC. The van der Waals surface area contributed by atoms with E-state index < -0.39 is 5.41 Å². The van der Waals surface area contributed by atoms with Crippen LogP contribution in [0.3, 0.4) is 0 Å². The summed E-state index contributed by atoms with van der Waals surface area (Å²) >= 11 is 0. The lowest BCUT2D eigenvalue weighted by atomic mass is 9.90. The van der Waals surface area contributed by atoms with E-state index in [0.29, 0.717) is 25.2 Å². The van der Waals surface area contributed by atoms with E-state index in [1.165, 1.54) is 6.42 Å². The number of nitrogens with zero attached hydrogens (tertiary/aromatic N) is 1. The molecule has 0 fully saturated rings. The van der Waals surface area contributed by atoms with Crippen LogP contribution in [0, 0.1) is 23.2 Å².